The maximum Gasteiger partial charge on any atom is 0.287 e. The van der Waals surface area contributed by atoms with Crippen LogP contribution in [-0.2, 0) is 0 Å². The van der Waals surface area contributed by atoms with Crippen molar-refractivity contribution in [3.05, 3.63) is 87.0 Å². The molecule has 0 saturated heterocycles. The molecule has 0 aliphatic rings. The van der Waals surface area contributed by atoms with Gasteiger partial charge < -0.3 is 0 Å². The Bertz CT molecular complexity index is 941. The minimum Gasteiger partial charge on any atom is -0.275 e. The molecule has 1 aromatic heterocycles. The molecule has 0 unspecified atom stereocenters. The summed E-state index contributed by atoms with van der Waals surface area (Å²) in [7, 11) is 0. The molecular weight excluding hydrogens is 375 g/mol. The molecule has 5 nitrogen and oxygen atoms in total. The molecule has 3 rings (SSSR count). The van der Waals surface area contributed by atoms with Crippen LogP contribution in [0.4, 0.5) is 10.1 Å². The SMILES string of the molecule is O=c1c(Br)c(NN=Cc2ccccc2F)cnn1-c1ccccc1. The predicted octanol–water partition coefficient (Wildman–Crippen LogP) is 3.58. The van der Waals surface area contributed by atoms with E-state index in [-0.39, 0.29) is 15.8 Å². The molecule has 0 radical (unpaired) electrons. The molecular formula is C17H12BrFN4O. The van der Waals surface area contributed by atoms with Crippen molar-refractivity contribution < 1.29 is 4.39 Å². The van der Waals surface area contributed by atoms with Crippen LogP contribution in [0.15, 0.2) is 75.2 Å². The zero-order valence-corrected chi connectivity index (χ0v) is 13.9. The number of hydrogen-bond acceptors (Lipinski definition) is 4. The lowest BCUT2D eigenvalue weighted by Gasteiger charge is -2.07. The highest BCUT2D eigenvalue weighted by atomic mass is 79.9. The van der Waals surface area contributed by atoms with E-state index in [9.17, 15) is 9.18 Å². The van der Waals surface area contributed by atoms with Gasteiger partial charge in [-0.2, -0.15) is 14.9 Å². The fraction of sp³-hybridized carbons (Fsp3) is 0. The van der Waals surface area contributed by atoms with Crippen molar-refractivity contribution in [3.63, 3.8) is 0 Å². The molecule has 0 bridgehead atoms. The Kier molecular flexibility index (Phi) is 4.81. The molecule has 2 aromatic carbocycles. The van der Waals surface area contributed by atoms with E-state index in [1.807, 2.05) is 18.2 Å². The van der Waals surface area contributed by atoms with E-state index >= 15 is 0 Å². The Labute approximate surface area is 145 Å². The number of anilines is 1. The van der Waals surface area contributed by atoms with Gasteiger partial charge in [0.2, 0.25) is 0 Å². The number of para-hydroxylation sites is 1. The van der Waals surface area contributed by atoms with Crippen molar-refractivity contribution in [1.29, 1.82) is 0 Å². The Balaban J connectivity index is 1.84. The largest absolute Gasteiger partial charge is 0.287 e. The van der Waals surface area contributed by atoms with Crippen LogP contribution in [0.5, 0.6) is 0 Å². The van der Waals surface area contributed by atoms with Gasteiger partial charge in [0.05, 0.1) is 23.8 Å². The lowest BCUT2D eigenvalue weighted by Crippen LogP contribution is -2.22. The van der Waals surface area contributed by atoms with Crippen LogP contribution in [0.2, 0.25) is 0 Å². The molecule has 0 atom stereocenters. The minimum absolute atomic E-state index is 0.284. The summed E-state index contributed by atoms with van der Waals surface area (Å²) in [4.78, 5) is 12.4. The highest BCUT2D eigenvalue weighted by molar-refractivity contribution is 9.10. The molecule has 0 fully saturated rings. The first-order valence-electron chi connectivity index (χ1n) is 7.03. The zero-order valence-electron chi connectivity index (χ0n) is 12.4. The third kappa shape index (κ3) is 3.41. The Hall–Kier alpha value is -2.80. The molecule has 0 saturated carbocycles. The second-order valence-corrected chi connectivity index (χ2v) is 5.61. The molecule has 120 valence electrons. The Morgan fingerprint density at radius 3 is 2.58 bits per heavy atom. The summed E-state index contributed by atoms with van der Waals surface area (Å²) < 4.78 is 15.1. The van der Waals surface area contributed by atoms with Crippen LogP contribution in [0.1, 0.15) is 5.56 Å². The summed E-state index contributed by atoms with van der Waals surface area (Å²) in [5, 5.41) is 8.06. The standard InChI is InChI=1S/C17H12BrFN4O/c18-16-15(22-20-10-12-6-4-5-9-14(12)19)11-21-23(17(16)24)13-7-2-1-3-8-13/h1-11,22H. The topological polar surface area (TPSA) is 59.3 Å². The average molecular weight is 387 g/mol. The third-order valence-electron chi connectivity index (χ3n) is 3.21. The lowest BCUT2D eigenvalue weighted by molar-refractivity contribution is 0.626. The molecule has 0 spiro atoms. The van der Waals surface area contributed by atoms with E-state index in [1.54, 1.807) is 30.3 Å². The second kappa shape index (κ2) is 7.18. The van der Waals surface area contributed by atoms with Crippen LogP contribution >= 0.6 is 15.9 Å². The molecule has 7 heteroatoms. The van der Waals surface area contributed by atoms with Crippen molar-refractivity contribution >= 4 is 27.8 Å². The van der Waals surface area contributed by atoms with Gasteiger partial charge in [0.1, 0.15) is 10.3 Å². The third-order valence-corrected chi connectivity index (χ3v) is 3.98. The first-order chi connectivity index (χ1) is 11.7. The molecule has 24 heavy (non-hydrogen) atoms. The van der Waals surface area contributed by atoms with E-state index in [0.717, 1.165) is 0 Å². The number of hydrazone groups is 1. The van der Waals surface area contributed by atoms with Crippen molar-refractivity contribution in [3.8, 4) is 5.69 Å². The molecule has 0 aliphatic carbocycles. The van der Waals surface area contributed by atoms with E-state index in [2.05, 4.69) is 31.6 Å². The average Bonchev–Trinajstić information content (AvgIpc) is 2.61. The van der Waals surface area contributed by atoms with Crippen LogP contribution in [-0.4, -0.2) is 16.0 Å². The van der Waals surface area contributed by atoms with Gasteiger partial charge in [-0.25, -0.2) is 4.39 Å². The van der Waals surface area contributed by atoms with Gasteiger partial charge in [0.25, 0.3) is 5.56 Å². The molecule has 0 amide bonds. The summed E-state index contributed by atoms with van der Waals surface area (Å²) in [6, 6.07) is 15.3. The van der Waals surface area contributed by atoms with Gasteiger partial charge in [-0.3, -0.25) is 10.2 Å². The van der Waals surface area contributed by atoms with Crippen molar-refractivity contribution in [2.75, 3.05) is 5.43 Å². The highest BCUT2D eigenvalue weighted by Crippen LogP contribution is 2.17. The maximum absolute atomic E-state index is 13.5. The van der Waals surface area contributed by atoms with Gasteiger partial charge in [-0.05, 0) is 34.1 Å². The minimum atomic E-state index is -0.375. The monoisotopic (exact) mass is 386 g/mol. The van der Waals surface area contributed by atoms with Gasteiger partial charge in [-0.1, -0.05) is 36.4 Å². The van der Waals surface area contributed by atoms with E-state index in [1.165, 1.54) is 23.2 Å². The molecule has 1 N–H and O–H groups in total. The number of nitrogens with one attached hydrogen (secondary N) is 1. The summed E-state index contributed by atoms with van der Waals surface area (Å²) in [5.74, 6) is -0.375. The summed E-state index contributed by atoms with van der Waals surface area (Å²) in [5.41, 5.74) is 3.75. The number of rotatable bonds is 4. The Morgan fingerprint density at radius 2 is 1.83 bits per heavy atom. The fourth-order valence-corrected chi connectivity index (χ4v) is 2.37. The van der Waals surface area contributed by atoms with Crippen molar-refractivity contribution in [2.24, 2.45) is 5.10 Å². The van der Waals surface area contributed by atoms with Crippen LogP contribution in [0.3, 0.4) is 0 Å². The number of aromatic nitrogens is 2. The van der Waals surface area contributed by atoms with Gasteiger partial charge in [0.15, 0.2) is 0 Å². The van der Waals surface area contributed by atoms with Gasteiger partial charge in [0, 0.05) is 5.56 Å². The van der Waals surface area contributed by atoms with Crippen LogP contribution < -0.4 is 11.0 Å². The fourth-order valence-electron chi connectivity index (χ4n) is 2.01. The van der Waals surface area contributed by atoms with Crippen molar-refractivity contribution in [2.45, 2.75) is 0 Å². The maximum atomic E-state index is 13.5. The summed E-state index contributed by atoms with van der Waals surface area (Å²) in [6.07, 6.45) is 2.81. The first-order valence-corrected chi connectivity index (χ1v) is 7.83. The smallest absolute Gasteiger partial charge is 0.275 e. The quantitative estimate of drug-likeness (QED) is 0.550. The van der Waals surface area contributed by atoms with Crippen LogP contribution in [0.25, 0.3) is 5.69 Å². The predicted molar refractivity (Wildman–Crippen MR) is 95.2 cm³/mol. The number of hydrogen-bond donors (Lipinski definition) is 1. The molecule has 1 heterocycles. The zero-order chi connectivity index (χ0) is 16.9. The molecule has 3 aromatic rings. The first kappa shape index (κ1) is 16.1. The van der Waals surface area contributed by atoms with Gasteiger partial charge >= 0.3 is 0 Å². The van der Waals surface area contributed by atoms with E-state index in [0.29, 0.717) is 16.9 Å². The van der Waals surface area contributed by atoms with E-state index in [4.69, 9.17) is 0 Å². The van der Waals surface area contributed by atoms with Crippen LogP contribution in [0, 0.1) is 5.82 Å². The number of nitrogens with zero attached hydrogens (tertiary/aromatic N) is 3. The second-order valence-electron chi connectivity index (χ2n) is 4.82. The molecule has 0 aliphatic heterocycles. The van der Waals surface area contributed by atoms with Crippen molar-refractivity contribution in [1.82, 2.24) is 9.78 Å². The Morgan fingerprint density at radius 1 is 1.12 bits per heavy atom. The summed E-state index contributed by atoms with van der Waals surface area (Å²) in [6.45, 7) is 0. The highest BCUT2D eigenvalue weighted by Gasteiger charge is 2.09. The normalized spacial score (nSPS) is 10.9. The van der Waals surface area contributed by atoms with Gasteiger partial charge in [-0.15, -0.1) is 0 Å². The number of halogens is 2. The lowest BCUT2D eigenvalue weighted by atomic mass is 10.2. The summed E-state index contributed by atoms with van der Waals surface area (Å²) >= 11 is 3.25. The van der Waals surface area contributed by atoms with E-state index < -0.39 is 0 Å². The number of benzene rings is 2.